The van der Waals surface area contributed by atoms with Gasteiger partial charge in [0.15, 0.2) is 11.4 Å². The van der Waals surface area contributed by atoms with E-state index in [1.54, 1.807) is 10.9 Å². The summed E-state index contributed by atoms with van der Waals surface area (Å²) in [7, 11) is 0. The molecular weight excluding hydrogens is 250 g/mol. The van der Waals surface area contributed by atoms with Gasteiger partial charge in [0, 0.05) is 0 Å². The van der Waals surface area contributed by atoms with Crippen LogP contribution in [-0.4, -0.2) is 9.55 Å². The predicted molar refractivity (Wildman–Crippen MR) is 72.0 cm³/mol. The Morgan fingerprint density at radius 3 is 2.70 bits per heavy atom. The highest BCUT2D eigenvalue weighted by molar-refractivity contribution is 5.36. The Bertz CT molecular complexity index is 595. The largest absolute Gasteiger partial charge is 0.317 e. The van der Waals surface area contributed by atoms with Gasteiger partial charge in [0.1, 0.15) is 12.1 Å². The average Bonchev–Trinajstić information content (AvgIpc) is 2.90. The van der Waals surface area contributed by atoms with Gasteiger partial charge in [0.2, 0.25) is 0 Å². The molecule has 5 nitrogen and oxygen atoms in total. The van der Waals surface area contributed by atoms with E-state index in [4.69, 9.17) is 5.26 Å². The van der Waals surface area contributed by atoms with Crippen LogP contribution in [0.4, 0.5) is 0 Å². The summed E-state index contributed by atoms with van der Waals surface area (Å²) in [6, 6.07) is 6.31. The molecule has 1 aromatic heterocycles. The molecule has 0 amide bonds. The molecule has 2 rings (SSSR count). The molecule has 0 aromatic carbocycles. The molecule has 0 aliphatic heterocycles. The molecule has 1 fully saturated rings. The maximum Gasteiger partial charge on any atom is 0.176 e. The van der Waals surface area contributed by atoms with E-state index in [1.165, 1.54) is 0 Å². The Morgan fingerprint density at radius 1 is 1.30 bits per heavy atom. The molecule has 1 aliphatic carbocycles. The first-order valence-corrected chi connectivity index (χ1v) is 7.01. The topological polar surface area (TPSA) is 89.2 Å². The molecule has 1 heterocycles. The fourth-order valence-corrected chi connectivity index (χ4v) is 3.16. The van der Waals surface area contributed by atoms with Crippen molar-refractivity contribution >= 4 is 0 Å². The third kappa shape index (κ3) is 2.51. The molecule has 0 bridgehead atoms. The highest BCUT2D eigenvalue weighted by atomic mass is 15.1. The molecule has 3 unspecified atom stereocenters. The summed E-state index contributed by atoms with van der Waals surface area (Å²) in [6.07, 6.45) is 6.65. The number of aromatic nitrogens is 2. The molecule has 0 radical (unpaired) electrons. The smallest absolute Gasteiger partial charge is 0.176 e. The monoisotopic (exact) mass is 267 g/mol. The van der Waals surface area contributed by atoms with Crippen molar-refractivity contribution in [2.45, 2.75) is 45.1 Å². The van der Waals surface area contributed by atoms with E-state index in [0.717, 1.165) is 32.1 Å². The number of nitriles is 3. The number of nitrogens with zero attached hydrogens (tertiary/aromatic N) is 5. The molecule has 102 valence electrons. The van der Waals surface area contributed by atoms with Gasteiger partial charge in [0.25, 0.3) is 0 Å². The zero-order valence-electron chi connectivity index (χ0n) is 11.6. The Balaban J connectivity index is 2.33. The highest BCUT2D eigenvalue weighted by Gasteiger charge is 2.33. The van der Waals surface area contributed by atoms with Gasteiger partial charge in [-0.2, -0.15) is 15.8 Å². The lowest BCUT2D eigenvalue weighted by molar-refractivity contribution is 0.210. The van der Waals surface area contributed by atoms with Crippen LogP contribution in [0.25, 0.3) is 0 Å². The first-order chi connectivity index (χ1) is 9.74. The van der Waals surface area contributed by atoms with Gasteiger partial charge in [-0.15, -0.1) is 0 Å². The van der Waals surface area contributed by atoms with Crippen molar-refractivity contribution < 1.29 is 0 Å². The minimum Gasteiger partial charge on any atom is -0.317 e. The van der Waals surface area contributed by atoms with E-state index in [2.05, 4.69) is 24.0 Å². The molecule has 5 heteroatoms. The fourth-order valence-electron chi connectivity index (χ4n) is 3.16. The number of rotatable bonds is 3. The van der Waals surface area contributed by atoms with Gasteiger partial charge in [-0.3, -0.25) is 0 Å². The summed E-state index contributed by atoms with van der Waals surface area (Å²) < 4.78 is 1.74. The normalized spacial score (nSPS) is 25.4. The van der Waals surface area contributed by atoms with Gasteiger partial charge in [-0.1, -0.05) is 19.8 Å². The summed E-state index contributed by atoms with van der Waals surface area (Å²) in [5, 5.41) is 27.5. The van der Waals surface area contributed by atoms with Crippen LogP contribution in [0.3, 0.4) is 0 Å². The summed E-state index contributed by atoms with van der Waals surface area (Å²) in [5.74, 6) is 0.491. The molecule has 3 atom stereocenters. The van der Waals surface area contributed by atoms with Crippen LogP contribution in [0.2, 0.25) is 0 Å². The van der Waals surface area contributed by atoms with E-state index >= 15 is 0 Å². The average molecular weight is 267 g/mol. The van der Waals surface area contributed by atoms with Crippen LogP contribution in [0.5, 0.6) is 0 Å². The lowest BCUT2D eigenvalue weighted by Gasteiger charge is -2.33. The minimum absolute atomic E-state index is 0.0328. The zero-order chi connectivity index (χ0) is 14.5. The second-order valence-corrected chi connectivity index (χ2v) is 5.34. The summed E-state index contributed by atoms with van der Waals surface area (Å²) in [5.41, 5.74) is 0.441. The Morgan fingerprint density at radius 2 is 2.10 bits per heavy atom. The van der Waals surface area contributed by atoms with Gasteiger partial charge >= 0.3 is 0 Å². The molecule has 0 spiro atoms. The molecular formula is C15H17N5. The molecule has 1 aromatic rings. The van der Waals surface area contributed by atoms with Crippen LogP contribution in [-0.2, 0) is 0 Å². The number of hydrogen-bond acceptors (Lipinski definition) is 4. The molecule has 1 saturated carbocycles. The lowest BCUT2D eigenvalue weighted by Crippen LogP contribution is -2.27. The van der Waals surface area contributed by atoms with Crippen molar-refractivity contribution in [3.05, 3.63) is 17.7 Å². The van der Waals surface area contributed by atoms with Crippen molar-refractivity contribution in [1.29, 1.82) is 15.8 Å². The van der Waals surface area contributed by atoms with Gasteiger partial charge in [-0.05, 0) is 25.2 Å². The summed E-state index contributed by atoms with van der Waals surface area (Å²) >= 11 is 0. The minimum atomic E-state index is -0.101. The van der Waals surface area contributed by atoms with Crippen LogP contribution >= 0.6 is 0 Å². The zero-order valence-corrected chi connectivity index (χ0v) is 11.6. The van der Waals surface area contributed by atoms with Crippen molar-refractivity contribution in [2.24, 2.45) is 11.8 Å². The van der Waals surface area contributed by atoms with Crippen LogP contribution < -0.4 is 0 Å². The van der Waals surface area contributed by atoms with Crippen molar-refractivity contribution in [3.8, 4) is 18.2 Å². The van der Waals surface area contributed by atoms with Gasteiger partial charge in [-0.25, -0.2) is 4.98 Å². The van der Waals surface area contributed by atoms with Crippen LogP contribution in [0.1, 0.15) is 56.5 Å². The Kier molecular flexibility index (Phi) is 4.38. The Hall–Kier alpha value is -2.32. The number of hydrogen-bond donors (Lipinski definition) is 0. The van der Waals surface area contributed by atoms with E-state index in [-0.39, 0.29) is 23.3 Å². The third-order valence-corrected chi connectivity index (χ3v) is 4.15. The second kappa shape index (κ2) is 6.22. The summed E-state index contributed by atoms with van der Waals surface area (Å²) in [6.45, 7) is 2.16. The predicted octanol–water partition coefficient (Wildman–Crippen LogP) is 2.91. The van der Waals surface area contributed by atoms with Gasteiger partial charge < -0.3 is 4.57 Å². The molecule has 20 heavy (non-hydrogen) atoms. The van der Waals surface area contributed by atoms with E-state index < -0.39 is 0 Å². The quantitative estimate of drug-likeness (QED) is 0.842. The maximum atomic E-state index is 9.33. The van der Waals surface area contributed by atoms with Gasteiger partial charge in [0.05, 0.1) is 24.4 Å². The van der Waals surface area contributed by atoms with Crippen LogP contribution in [0.15, 0.2) is 6.33 Å². The van der Waals surface area contributed by atoms with Crippen molar-refractivity contribution in [2.75, 3.05) is 0 Å². The van der Waals surface area contributed by atoms with Crippen molar-refractivity contribution in [1.82, 2.24) is 9.55 Å². The Labute approximate surface area is 119 Å². The summed E-state index contributed by atoms with van der Waals surface area (Å²) in [4.78, 5) is 3.99. The maximum absolute atomic E-state index is 9.33. The number of imidazole rings is 1. The standard InChI is InChI=1S/C15H17N5/c1-2-3-11-4-5-12(7-16)14(6-11)20-10-19-13(8-17)15(20)9-18/h10-12,14H,2-6H2,1H3. The molecule has 0 saturated heterocycles. The SMILES string of the molecule is CCCC1CCC(C#N)C(n2cnc(C#N)c2C#N)C1. The fraction of sp³-hybridized carbons (Fsp3) is 0.600. The van der Waals surface area contributed by atoms with E-state index in [1.807, 2.05) is 6.07 Å². The van der Waals surface area contributed by atoms with Crippen molar-refractivity contribution in [3.63, 3.8) is 0 Å². The first kappa shape index (κ1) is 14.1. The lowest BCUT2D eigenvalue weighted by atomic mass is 9.77. The van der Waals surface area contributed by atoms with E-state index in [0.29, 0.717) is 5.92 Å². The van der Waals surface area contributed by atoms with Crippen LogP contribution in [0, 0.1) is 45.8 Å². The highest BCUT2D eigenvalue weighted by Crippen LogP contribution is 2.39. The molecule has 1 aliphatic rings. The third-order valence-electron chi connectivity index (χ3n) is 4.15. The van der Waals surface area contributed by atoms with E-state index in [9.17, 15) is 10.5 Å². The first-order valence-electron chi connectivity index (χ1n) is 7.01. The molecule has 0 N–H and O–H groups in total. The second-order valence-electron chi connectivity index (χ2n) is 5.34.